The molecule has 0 bridgehead atoms. The van der Waals surface area contributed by atoms with E-state index >= 15 is 0 Å². The van der Waals surface area contributed by atoms with Gasteiger partial charge in [0.05, 0.1) is 23.4 Å². The van der Waals surface area contributed by atoms with Crippen LogP contribution in [0.5, 0.6) is 0 Å². The molecule has 1 aliphatic rings. The fraction of sp³-hybridized carbons (Fsp3) is 0.450. The number of carbonyl (C=O) groups excluding carboxylic acids is 2. The third kappa shape index (κ3) is 4.13. The highest BCUT2D eigenvalue weighted by atomic mass is 19.4. The number of carbonyl (C=O) groups is 2. The number of halogens is 3. The molecule has 3 N–H and O–H groups in total. The lowest BCUT2D eigenvalue weighted by Crippen LogP contribution is -2.56. The Morgan fingerprint density at radius 2 is 1.90 bits per heavy atom. The largest absolute Gasteiger partial charge is 0.416 e. The number of amides is 2. The summed E-state index contributed by atoms with van der Waals surface area (Å²) >= 11 is 0. The molecule has 6 nitrogen and oxygen atoms in total. The maximum atomic E-state index is 13.0. The van der Waals surface area contributed by atoms with Gasteiger partial charge in [0.25, 0.3) is 0 Å². The van der Waals surface area contributed by atoms with Crippen LogP contribution in [0.4, 0.5) is 13.2 Å². The molecule has 3 rings (SSSR count). The number of primary amides is 1. The summed E-state index contributed by atoms with van der Waals surface area (Å²) in [5.41, 5.74) is 5.68. The van der Waals surface area contributed by atoms with Gasteiger partial charge in [0.2, 0.25) is 11.8 Å². The molecule has 0 unspecified atom stereocenters. The van der Waals surface area contributed by atoms with Crippen LogP contribution in [-0.2, 0) is 22.2 Å². The molecule has 0 spiro atoms. The van der Waals surface area contributed by atoms with Crippen LogP contribution >= 0.6 is 0 Å². The first kappa shape index (κ1) is 20.9. The number of alkyl halides is 3. The Hall–Kier alpha value is -2.84. The molecule has 2 amide bonds. The molecular formula is C20H23F3N4O2. The average molecular weight is 408 g/mol. The molecule has 1 aliphatic carbocycles. The quantitative estimate of drug-likeness (QED) is 0.797. The first-order valence-corrected chi connectivity index (χ1v) is 9.37. The molecule has 1 heterocycles. The molecule has 0 atom stereocenters. The Labute approximate surface area is 166 Å². The van der Waals surface area contributed by atoms with E-state index in [9.17, 15) is 22.8 Å². The summed E-state index contributed by atoms with van der Waals surface area (Å²) in [6.07, 6.45) is -1.85. The van der Waals surface area contributed by atoms with E-state index in [0.717, 1.165) is 25.0 Å². The van der Waals surface area contributed by atoms with Crippen molar-refractivity contribution in [2.45, 2.75) is 57.7 Å². The normalized spacial score (nSPS) is 16.0. The van der Waals surface area contributed by atoms with Gasteiger partial charge in [0.1, 0.15) is 5.54 Å². The van der Waals surface area contributed by atoms with Crippen molar-refractivity contribution in [2.24, 2.45) is 5.73 Å². The Kier molecular flexibility index (Phi) is 5.42. The number of nitrogens with one attached hydrogen (secondary N) is 1. The maximum Gasteiger partial charge on any atom is 0.416 e. The Morgan fingerprint density at radius 3 is 2.48 bits per heavy atom. The van der Waals surface area contributed by atoms with E-state index in [1.54, 1.807) is 13.8 Å². The van der Waals surface area contributed by atoms with Crippen LogP contribution in [0.3, 0.4) is 0 Å². The SMILES string of the molecule is Cc1nn(-c2cccc(C(F)(F)F)c2)c(C)c1CC(=O)NC1(C(N)=O)CCCC1. The van der Waals surface area contributed by atoms with Crippen molar-refractivity contribution in [3.05, 3.63) is 46.8 Å². The molecule has 0 saturated heterocycles. The second kappa shape index (κ2) is 7.53. The standard InChI is InChI=1S/C20H23F3N4O2/c1-12-16(11-17(28)25-19(18(24)29)8-3-4-9-19)13(2)27(26-12)15-7-5-6-14(10-15)20(21,22)23/h5-7,10H,3-4,8-9,11H2,1-2H3,(H2,24,29)(H,25,28). The highest BCUT2D eigenvalue weighted by molar-refractivity contribution is 5.91. The van der Waals surface area contributed by atoms with Crippen LogP contribution < -0.4 is 11.1 Å². The molecular weight excluding hydrogens is 385 g/mol. The smallest absolute Gasteiger partial charge is 0.368 e. The van der Waals surface area contributed by atoms with Gasteiger partial charge in [0.15, 0.2) is 0 Å². The zero-order valence-electron chi connectivity index (χ0n) is 16.3. The van der Waals surface area contributed by atoms with Crippen LogP contribution in [0, 0.1) is 13.8 Å². The Bertz CT molecular complexity index is 944. The van der Waals surface area contributed by atoms with Crippen molar-refractivity contribution in [1.82, 2.24) is 15.1 Å². The van der Waals surface area contributed by atoms with Gasteiger partial charge in [0, 0.05) is 11.3 Å². The van der Waals surface area contributed by atoms with Crippen LogP contribution in [0.15, 0.2) is 24.3 Å². The fourth-order valence-electron chi connectivity index (χ4n) is 3.88. The highest BCUT2D eigenvalue weighted by Gasteiger charge is 2.41. The minimum absolute atomic E-state index is 0.0361. The predicted molar refractivity (Wildman–Crippen MR) is 100 cm³/mol. The van der Waals surface area contributed by atoms with Crippen molar-refractivity contribution in [3.8, 4) is 5.69 Å². The topological polar surface area (TPSA) is 90.0 Å². The van der Waals surface area contributed by atoms with E-state index in [4.69, 9.17) is 5.73 Å². The number of nitrogens with two attached hydrogens (primary N) is 1. The van der Waals surface area contributed by atoms with Crippen molar-refractivity contribution < 1.29 is 22.8 Å². The molecule has 0 radical (unpaired) electrons. The van der Waals surface area contributed by atoms with Crippen molar-refractivity contribution >= 4 is 11.8 Å². The molecule has 1 aromatic carbocycles. The van der Waals surface area contributed by atoms with Crippen LogP contribution in [0.25, 0.3) is 5.69 Å². The summed E-state index contributed by atoms with van der Waals surface area (Å²) in [6, 6.07) is 4.86. The van der Waals surface area contributed by atoms with Crippen LogP contribution in [-0.4, -0.2) is 27.1 Å². The third-order valence-electron chi connectivity index (χ3n) is 5.50. The van der Waals surface area contributed by atoms with E-state index in [2.05, 4.69) is 10.4 Å². The van der Waals surface area contributed by atoms with Crippen molar-refractivity contribution in [1.29, 1.82) is 0 Å². The summed E-state index contributed by atoms with van der Waals surface area (Å²) in [4.78, 5) is 24.5. The lowest BCUT2D eigenvalue weighted by Gasteiger charge is -2.26. The minimum atomic E-state index is -4.46. The first-order valence-electron chi connectivity index (χ1n) is 9.37. The monoisotopic (exact) mass is 408 g/mol. The van der Waals surface area contributed by atoms with Gasteiger partial charge in [-0.05, 0) is 44.9 Å². The molecule has 2 aromatic rings. The molecule has 156 valence electrons. The number of hydrogen-bond donors (Lipinski definition) is 2. The number of nitrogens with zero attached hydrogens (tertiary/aromatic N) is 2. The van der Waals surface area contributed by atoms with Gasteiger partial charge < -0.3 is 11.1 Å². The molecule has 9 heteroatoms. The maximum absolute atomic E-state index is 13.0. The van der Waals surface area contributed by atoms with E-state index in [1.807, 2.05) is 0 Å². The van der Waals surface area contributed by atoms with E-state index < -0.39 is 23.2 Å². The molecule has 0 aliphatic heterocycles. The molecule has 1 saturated carbocycles. The van der Waals surface area contributed by atoms with Gasteiger partial charge >= 0.3 is 6.18 Å². The van der Waals surface area contributed by atoms with Crippen molar-refractivity contribution in [3.63, 3.8) is 0 Å². The minimum Gasteiger partial charge on any atom is -0.368 e. The van der Waals surface area contributed by atoms with Gasteiger partial charge in [-0.2, -0.15) is 18.3 Å². The summed E-state index contributed by atoms with van der Waals surface area (Å²) < 4.78 is 40.4. The van der Waals surface area contributed by atoms with E-state index in [0.29, 0.717) is 29.8 Å². The highest BCUT2D eigenvalue weighted by Crippen LogP contribution is 2.31. The number of aromatic nitrogens is 2. The second-order valence-corrected chi connectivity index (χ2v) is 7.49. The van der Waals surface area contributed by atoms with Gasteiger partial charge in [-0.3, -0.25) is 9.59 Å². The first-order chi connectivity index (χ1) is 13.5. The average Bonchev–Trinajstić information content (AvgIpc) is 3.22. The number of benzene rings is 1. The Balaban J connectivity index is 1.85. The van der Waals surface area contributed by atoms with Crippen molar-refractivity contribution in [2.75, 3.05) is 0 Å². The lowest BCUT2D eigenvalue weighted by atomic mass is 9.96. The summed E-state index contributed by atoms with van der Waals surface area (Å²) in [7, 11) is 0. The molecule has 29 heavy (non-hydrogen) atoms. The third-order valence-corrected chi connectivity index (χ3v) is 5.50. The summed E-state index contributed by atoms with van der Waals surface area (Å²) in [5.74, 6) is -0.906. The lowest BCUT2D eigenvalue weighted by molar-refractivity contribution is -0.137. The van der Waals surface area contributed by atoms with Gasteiger partial charge in [-0.15, -0.1) is 0 Å². The summed E-state index contributed by atoms with van der Waals surface area (Å²) in [6.45, 7) is 3.39. The number of aryl methyl sites for hydroxylation is 1. The molecule has 1 aromatic heterocycles. The molecule has 1 fully saturated rings. The number of rotatable bonds is 5. The summed E-state index contributed by atoms with van der Waals surface area (Å²) in [5, 5.41) is 7.09. The predicted octanol–water partition coefficient (Wildman–Crippen LogP) is 2.96. The number of hydrogen-bond acceptors (Lipinski definition) is 3. The van der Waals surface area contributed by atoms with Crippen LogP contribution in [0.1, 0.15) is 48.2 Å². The zero-order chi connectivity index (χ0) is 21.4. The second-order valence-electron chi connectivity index (χ2n) is 7.49. The van der Waals surface area contributed by atoms with Gasteiger partial charge in [-0.25, -0.2) is 4.68 Å². The van der Waals surface area contributed by atoms with E-state index in [-0.39, 0.29) is 18.0 Å². The van der Waals surface area contributed by atoms with E-state index in [1.165, 1.54) is 16.8 Å². The zero-order valence-corrected chi connectivity index (χ0v) is 16.3. The van der Waals surface area contributed by atoms with Gasteiger partial charge in [-0.1, -0.05) is 18.9 Å². The Morgan fingerprint density at radius 1 is 1.24 bits per heavy atom. The fourth-order valence-corrected chi connectivity index (χ4v) is 3.88. The van der Waals surface area contributed by atoms with Crippen LogP contribution in [0.2, 0.25) is 0 Å².